The van der Waals surface area contributed by atoms with Gasteiger partial charge in [-0.05, 0) is 44.2 Å². The van der Waals surface area contributed by atoms with Gasteiger partial charge in [-0.1, -0.05) is 13.0 Å². The molecule has 0 aliphatic carbocycles. The van der Waals surface area contributed by atoms with Gasteiger partial charge in [-0.25, -0.2) is 4.98 Å². The maximum Gasteiger partial charge on any atom is 0.191 e. The first kappa shape index (κ1) is 20.2. The molecule has 1 saturated heterocycles. The molecule has 0 amide bonds. The van der Waals surface area contributed by atoms with E-state index in [1.165, 1.54) is 24.1 Å². The summed E-state index contributed by atoms with van der Waals surface area (Å²) in [6.45, 7) is 10.1. The van der Waals surface area contributed by atoms with Gasteiger partial charge in [0, 0.05) is 57.7 Å². The molecule has 152 valence electrons. The summed E-state index contributed by atoms with van der Waals surface area (Å²) in [5, 5.41) is 11.2. The molecule has 3 rings (SSSR count). The van der Waals surface area contributed by atoms with Crippen molar-refractivity contribution in [2.24, 2.45) is 18.0 Å². The van der Waals surface area contributed by atoms with Crippen LogP contribution >= 0.6 is 0 Å². The highest BCUT2D eigenvalue weighted by atomic mass is 15.3. The Labute approximate surface area is 168 Å². The van der Waals surface area contributed by atoms with Crippen molar-refractivity contribution in [3.63, 3.8) is 0 Å². The Morgan fingerprint density at radius 2 is 1.89 bits per heavy atom. The summed E-state index contributed by atoms with van der Waals surface area (Å²) < 4.78 is 1.92. The van der Waals surface area contributed by atoms with Crippen LogP contribution in [0.4, 0.5) is 5.82 Å². The van der Waals surface area contributed by atoms with Gasteiger partial charge in [-0.3, -0.25) is 9.67 Å². The lowest BCUT2D eigenvalue weighted by molar-refractivity contribution is 0.436. The number of anilines is 1. The summed E-state index contributed by atoms with van der Waals surface area (Å²) in [6, 6.07) is 4.28. The molecule has 28 heavy (non-hydrogen) atoms. The molecule has 2 N–H and O–H groups in total. The van der Waals surface area contributed by atoms with E-state index >= 15 is 0 Å². The lowest BCUT2D eigenvalue weighted by Gasteiger charge is -2.31. The van der Waals surface area contributed by atoms with Crippen molar-refractivity contribution >= 4 is 11.8 Å². The fraction of sp³-hybridized carbons (Fsp3) is 0.571. The van der Waals surface area contributed by atoms with Gasteiger partial charge in [0.25, 0.3) is 0 Å². The van der Waals surface area contributed by atoms with Crippen molar-refractivity contribution in [1.29, 1.82) is 0 Å². The van der Waals surface area contributed by atoms with Crippen molar-refractivity contribution in [2.75, 3.05) is 25.0 Å². The second kappa shape index (κ2) is 9.08. The topological polar surface area (TPSA) is 70.4 Å². The summed E-state index contributed by atoms with van der Waals surface area (Å²) >= 11 is 0. The Morgan fingerprint density at radius 1 is 1.18 bits per heavy atom. The monoisotopic (exact) mass is 383 g/mol. The number of hydrogen-bond donors (Lipinski definition) is 2. The molecule has 0 aromatic carbocycles. The zero-order chi connectivity index (χ0) is 20.1. The van der Waals surface area contributed by atoms with Gasteiger partial charge < -0.3 is 15.5 Å². The predicted molar refractivity (Wildman–Crippen MR) is 115 cm³/mol. The van der Waals surface area contributed by atoms with Crippen LogP contribution in [0.25, 0.3) is 0 Å². The number of hydrogen-bond acceptors (Lipinski definition) is 4. The zero-order valence-corrected chi connectivity index (χ0v) is 17.8. The third-order valence-electron chi connectivity index (χ3n) is 5.69. The van der Waals surface area contributed by atoms with E-state index in [4.69, 9.17) is 0 Å². The number of aryl methyl sites for hydroxylation is 2. The number of rotatable bonds is 5. The second-order valence-electron chi connectivity index (χ2n) is 7.75. The number of piperidine rings is 1. The minimum absolute atomic E-state index is 0.689. The van der Waals surface area contributed by atoms with E-state index in [9.17, 15) is 0 Å². The Balaban J connectivity index is 1.51. The first-order valence-corrected chi connectivity index (χ1v) is 10.1. The van der Waals surface area contributed by atoms with Crippen LogP contribution in [-0.2, 0) is 20.1 Å². The average Bonchev–Trinajstić information content (AvgIpc) is 2.95. The number of nitrogens with zero attached hydrogens (tertiary/aromatic N) is 5. The van der Waals surface area contributed by atoms with Crippen molar-refractivity contribution in [3.8, 4) is 0 Å². The molecular weight excluding hydrogens is 350 g/mol. The van der Waals surface area contributed by atoms with Gasteiger partial charge in [0.1, 0.15) is 5.82 Å². The summed E-state index contributed by atoms with van der Waals surface area (Å²) in [7, 11) is 3.76. The van der Waals surface area contributed by atoms with Crippen LogP contribution in [0.5, 0.6) is 0 Å². The molecule has 0 radical (unpaired) electrons. The Bertz CT molecular complexity index is 799. The normalized spacial score (nSPS) is 15.8. The molecule has 1 aliphatic rings. The quantitative estimate of drug-likeness (QED) is 0.613. The second-order valence-corrected chi connectivity index (χ2v) is 7.75. The average molecular weight is 384 g/mol. The summed E-state index contributed by atoms with van der Waals surface area (Å²) in [4.78, 5) is 11.4. The number of aromatic nitrogens is 3. The maximum atomic E-state index is 4.67. The van der Waals surface area contributed by atoms with Gasteiger partial charge >= 0.3 is 0 Å². The Morgan fingerprint density at radius 3 is 2.46 bits per heavy atom. The maximum absolute atomic E-state index is 4.67. The molecule has 0 spiro atoms. The molecule has 1 fully saturated rings. The third-order valence-corrected chi connectivity index (χ3v) is 5.69. The van der Waals surface area contributed by atoms with Gasteiger partial charge in [-0.15, -0.1) is 0 Å². The van der Waals surface area contributed by atoms with E-state index in [1.54, 1.807) is 7.05 Å². The minimum atomic E-state index is 0.689. The van der Waals surface area contributed by atoms with E-state index in [1.807, 2.05) is 24.9 Å². The number of aliphatic imine (C=N–C) groups is 1. The highest BCUT2D eigenvalue weighted by Crippen LogP contribution is 2.21. The Hall–Kier alpha value is -2.57. The molecular formula is C21H33N7. The molecule has 0 unspecified atom stereocenters. The fourth-order valence-electron chi connectivity index (χ4n) is 3.60. The predicted octanol–water partition coefficient (Wildman–Crippen LogP) is 2.53. The van der Waals surface area contributed by atoms with E-state index < -0.39 is 0 Å². The molecule has 0 saturated carbocycles. The van der Waals surface area contributed by atoms with Gasteiger partial charge in [-0.2, -0.15) is 5.10 Å². The molecule has 1 aliphatic heterocycles. The van der Waals surface area contributed by atoms with Crippen molar-refractivity contribution in [2.45, 2.75) is 46.7 Å². The first-order valence-electron chi connectivity index (χ1n) is 10.1. The largest absolute Gasteiger partial charge is 0.357 e. The molecule has 2 aromatic heterocycles. The minimum Gasteiger partial charge on any atom is -0.357 e. The van der Waals surface area contributed by atoms with Crippen molar-refractivity contribution in [3.05, 3.63) is 40.8 Å². The van der Waals surface area contributed by atoms with Crippen LogP contribution in [0.1, 0.15) is 42.3 Å². The SMILES string of the molecule is CN=C(NCc1ccc(N2CCC(C)CC2)nc1)NCc1c(C)nn(C)c1C. The molecule has 7 nitrogen and oxygen atoms in total. The standard InChI is InChI=1S/C21H33N7/c1-15-8-10-28(11-9-15)20-7-6-18(12-23-20)13-24-21(22-4)25-14-19-16(2)26-27(5)17(19)3/h6-7,12,15H,8-11,13-14H2,1-5H3,(H2,22,24,25). The third kappa shape index (κ3) is 4.82. The van der Waals surface area contributed by atoms with Crippen LogP contribution in [0.3, 0.4) is 0 Å². The van der Waals surface area contributed by atoms with Crippen LogP contribution in [0, 0.1) is 19.8 Å². The van der Waals surface area contributed by atoms with Crippen LogP contribution < -0.4 is 15.5 Å². The van der Waals surface area contributed by atoms with E-state index in [0.717, 1.165) is 42.0 Å². The summed E-state index contributed by atoms with van der Waals surface area (Å²) in [5.74, 6) is 2.69. The Kier molecular flexibility index (Phi) is 6.54. The van der Waals surface area contributed by atoms with Gasteiger partial charge in [0.15, 0.2) is 5.96 Å². The molecule has 2 aromatic rings. The number of pyridine rings is 1. The highest BCUT2D eigenvalue weighted by Gasteiger charge is 2.16. The highest BCUT2D eigenvalue weighted by molar-refractivity contribution is 5.79. The van der Waals surface area contributed by atoms with Gasteiger partial charge in [0.05, 0.1) is 5.69 Å². The van der Waals surface area contributed by atoms with E-state index in [-0.39, 0.29) is 0 Å². The molecule has 0 bridgehead atoms. The number of guanidine groups is 1. The molecule has 3 heterocycles. The number of nitrogens with one attached hydrogen (secondary N) is 2. The van der Waals surface area contributed by atoms with Crippen LogP contribution in [-0.4, -0.2) is 40.9 Å². The lowest BCUT2D eigenvalue weighted by Crippen LogP contribution is -2.36. The smallest absolute Gasteiger partial charge is 0.191 e. The van der Waals surface area contributed by atoms with Crippen LogP contribution in [0.15, 0.2) is 23.3 Å². The fourth-order valence-corrected chi connectivity index (χ4v) is 3.60. The summed E-state index contributed by atoms with van der Waals surface area (Å²) in [6.07, 6.45) is 4.47. The summed E-state index contributed by atoms with van der Waals surface area (Å²) in [5.41, 5.74) is 4.58. The van der Waals surface area contributed by atoms with Crippen LogP contribution in [0.2, 0.25) is 0 Å². The molecule has 7 heteroatoms. The zero-order valence-electron chi connectivity index (χ0n) is 17.8. The van der Waals surface area contributed by atoms with E-state index in [0.29, 0.717) is 13.1 Å². The van der Waals surface area contributed by atoms with Crippen molar-refractivity contribution < 1.29 is 0 Å². The lowest BCUT2D eigenvalue weighted by atomic mass is 9.99. The first-order chi connectivity index (χ1) is 13.5. The van der Waals surface area contributed by atoms with Gasteiger partial charge in [0.2, 0.25) is 0 Å². The van der Waals surface area contributed by atoms with E-state index in [2.05, 4.69) is 56.6 Å². The molecule has 0 atom stereocenters. The van der Waals surface area contributed by atoms with Crippen molar-refractivity contribution in [1.82, 2.24) is 25.4 Å².